The first-order chi connectivity index (χ1) is 52.5. The first kappa shape index (κ1) is 113. The Hall–Kier alpha value is 1.02. The third-order valence-electron chi connectivity index (χ3n) is 19.5. The molecular weight excluding hydrogens is 1640 g/mol. The number of methoxy groups -OCH3 is 4. The van der Waals surface area contributed by atoms with Crippen LogP contribution in [0.4, 0.5) is 0 Å². The quantitative estimate of drug-likeness (QED) is 0.0188. The van der Waals surface area contributed by atoms with Crippen molar-refractivity contribution in [2.75, 3.05) is 94.4 Å². The van der Waals surface area contributed by atoms with Crippen molar-refractivity contribution in [3.8, 4) is 0 Å². The van der Waals surface area contributed by atoms with Gasteiger partial charge in [-0.15, -0.1) is 0 Å². The zero-order valence-electron chi connectivity index (χ0n) is 64.7. The van der Waals surface area contributed by atoms with Crippen LogP contribution in [0.3, 0.4) is 0 Å². The Morgan fingerprint density at radius 1 is 0.395 bits per heavy atom. The predicted molar refractivity (Wildman–Crippen MR) is 414 cm³/mol. The molecule has 0 bridgehead atoms. The van der Waals surface area contributed by atoms with E-state index >= 15 is 0 Å². The third kappa shape index (κ3) is 53.4. The number of hydrogen-bond donors (Lipinski definition) is 17. The number of aliphatic hydroxyl groups excluding tert-OH is 5. The average Bonchev–Trinajstić information content (AvgIpc) is 1.64. The van der Waals surface area contributed by atoms with Gasteiger partial charge in [0.15, 0.2) is 7.75 Å². The molecule has 0 aromatic carbocycles. The van der Waals surface area contributed by atoms with Crippen LogP contribution >= 0.6 is 45.4 Å². The molecule has 18 radical (unpaired) electrons. The lowest BCUT2D eigenvalue weighted by Crippen LogP contribution is -2.30. The summed E-state index contributed by atoms with van der Waals surface area (Å²) in [6, 6.07) is -2.15. The molecule has 114 heavy (non-hydrogen) atoms. The second kappa shape index (κ2) is 56.2. The number of phosphoric acid groups is 1. The van der Waals surface area contributed by atoms with Crippen LogP contribution in [0.1, 0.15) is 109 Å². The molecule has 9 rings (SSSR count). The lowest BCUT2D eigenvalue weighted by molar-refractivity contribution is -0.214. The van der Waals surface area contributed by atoms with Gasteiger partial charge in [0.1, 0.15) is 69.5 Å². The maximum atomic E-state index is 10.1. The fraction of sp³-hybridized carbons (Fsp3) is 1.00. The summed E-state index contributed by atoms with van der Waals surface area (Å²) in [5.41, 5.74) is 3.91. The van der Waals surface area contributed by atoms with E-state index in [4.69, 9.17) is 206 Å². The monoisotopic (exact) mass is 1760 g/mol. The van der Waals surface area contributed by atoms with E-state index in [0.717, 1.165) is 96.6 Å². The predicted octanol–water partition coefficient (Wildman–Crippen LogP) is -7.19. The zero-order valence-corrected chi connectivity index (χ0v) is 70.8. The Balaban J connectivity index is 0.000000682. The van der Waals surface area contributed by atoms with Crippen molar-refractivity contribution in [3.05, 3.63) is 0 Å². The lowest BCUT2D eigenvalue weighted by atomic mass is 9.69. The van der Waals surface area contributed by atoms with Gasteiger partial charge in [0.25, 0.3) is 7.82 Å². The Morgan fingerprint density at radius 2 is 0.632 bits per heavy atom. The SMILES string of the molecule is CP(=O)(O)O.NP(=O)([O-])O.O=P([O-])(O)NCCCNP(=O)([O-])O.O=P([O-])(O)O.[B]C1CC(CC2C([B])CC(COC)C2CC2CC([B])OC2COC)C(CO)O1.[B]C1CC(CC2CC([B])OC2COC)C(COC)O1.[B]C1CC(O)C(CCC2CC([B])OC2CO)O1.[B]C1CC(O)C(CCC2CC([B])OC2CO)O1.[O-]P(O)(O)=S. The highest BCUT2D eigenvalue weighted by Gasteiger charge is 2.47. The van der Waals surface area contributed by atoms with Crippen molar-refractivity contribution < 1.29 is 174 Å². The first-order valence-corrected chi connectivity index (χ1v) is 47.7. The highest BCUT2D eigenvalue weighted by atomic mass is 32.5. The van der Waals surface area contributed by atoms with Gasteiger partial charge in [-0.25, -0.2) is 0 Å². The topological polar surface area (TPSA) is 645 Å². The second-order valence-corrected chi connectivity index (χ2v) is 38.0. The minimum Gasteiger partial charge on any atom is -0.780 e. The van der Waals surface area contributed by atoms with Crippen LogP contribution in [0.5, 0.6) is 0 Å². The summed E-state index contributed by atoms with van der Waals surface area (Å²) >= 11 is 3.49. The van der Waals surface area contributed by atoms with Crippen LogP contribution in [-0.4, -0.2) is 344 Å². The van der Waals surface area contributed by atoms with Crippen LogP contribution < -0.4 is 40.1 Å². The van der Waals surface area contributed by atoms with Crippen molar-refractivity contribution in [2.24, 2.45) is 58.8 Å². The summed E-state index contributed by atoms with van der Waals surface area (Å²) < 4.78 is 113. The molecule has 0 spiro atoms. The van der Waals surface area contributed by atoms with Gasteiger partial charge in [0.2, 0.25) is 15.5 Å². The Bertz CT molecular complexity index is 2680. The summed E-state index contributed by atoms with van der Waals surface area (Å²) in [7, 11) is 38.0. The van der Waals surface area contributed by atoms with Crippen molar-refractivity contribution in [2.45, 2.75) is 224 Å². The molecule has 55 heteroatoms. The number of rotatable bonds is 29. The van der Waals surface area contributed by atoms with Gasteiger partial charge in [-0.2, -0.15) is 0 Å². The molecule has 9 aliphatic rings. The molecule has 39 nitrogen and oxygen atoms in total. The fourth-order valence-corrected chi connectivity index (χ4v) is 16.0. The molecule has 8 aliphatic heterocycles. The number of nitrogens with two attached hydrogens (primary N) is 1. The second-order valence-electron chi connectivity index (χ2n) is 29.1. The highest BCUT2D eigenvalue weighted by molar-refractivity contribution is 8.05. The average molecular weight is 1760 g/mol. The van der Waals surface area contributed by atoms with Crippen molar-refractivity contribution >= 4 is 128 Å². The molecule has 0 aromatic heterocycles. The third-order valence-corrected chi connectivity index (χ3v) is 20.8. The van der Waals surface area contributed by atoms with Gasteiger partial charge >= 0.3 is 7.60 Å². The number of ether oxygens (including phenoxy) is 12. The van der Waals surface area contributed by atoms with Gasteiger partial charge in [-0.3, -0.25) is 38.5 Å². The van der Waals surface area contributed by atoms with Gasteiger partial charge in [0, 0.05) is 103 Å². The van der Waals surface area contributed by atoms with Crippen molar-refractivity contribution in [3.63, 3.8) is 0 Å². The van der Waals surface area contributed by atoms with Crippen LogP contribution in [0, 0.1) is 53.3 Å². The van der Waals surface area contributed by atoms with Crippen molar-refractivity contribution in [1.82, 2.24) is 10.2 Å². The van der Waals surface area contributed by atoms with Crippen molar-refractivity contribution in [1.29, 1.82) is 0 Å². The number of nitrogens with one attached hydrogen (secondary N) is 2. The molecule has 1 aliphatic carbocycles. The number of aliphatic hydroxyl groups is 5. The molecule has 1 saturated carbocycles. The lowest BCUT2D eigenvalue weighted by Gasteiger charge is -2.32. The molecular formula is C59H113B9N3O36P6S-5. The Kier molecular flexibility index (Phi) is 55.7. The van der Waals surface area contributed by atoms with Gasteiger partial charge in [-0.1, -0.05) is 24.0 Å². The molecule has 9 fully saturated rings. The van der Waals surface area contributed by atoms with Gasteiger partial charge in [-0.05, 0) is 156 Å². The van der Waals surface area contributed by atoms with E-state index in [9.17, 15) is 38.8 Å². The summed E-state index contributed by atoms with van der Waals surface area (Å²) in [6.07, 6.45) is 11.3. The molecule has 8 heterocycles. The van der Waals surface area contributed by atoms with Gasteiger partial charge < -0.3 is 151 Å². The number of hydrogen-bond acceptors (Lipinski definition) is 28. The van der Waals surface area contributed by atoms with E-state index in [0.29, 0.717) is 74.8 Å². The van der Waals surface area contributed by atoms with Gasteiger partial charge in [0.05, 0.1) is 109 Å². The molecule has 31 unspecified atom stereocenters. The minimum atomic E-state index is -4.89. The molecule has 31 atom stereocenters. The maximum Gasteiger partial charge on any atom is 0.322 e. The molecule has 18 N–H and O–H groups in total. The van der Waals surface area contributed by atoms with E-state index in [1.165, 1.54) is 0 Å². The summed E-state index contributed by atoms with van der Waals surface area (Å²) in [4.78, 5) is 115. The van der Waals surface area contributed by atoms with Crippen LogP contribution in [0.15, 0.2) is 0 Å². The van der Waals surface area contributed by atoms with E-state index < -0.39 is 57.6 Å². The normalized spacial score (nSPS) is 37.2. The van der Waals surface area contributed by atoms with E-state index in [1.807, 2.05) is 0 Å². The maximum absolute atomic E-state index is 10.1. The molecule has 8 saturated heterocycles. The van der Waals surface area contributed by atoms with E-state index in [-0.39, 0.29) is 160 Å². The summed E-state index contributed by atoms with van der Waals surface area (Å²) in [5, 5.41) is 50.9. The standard InChI is InChI=1S/C20H33B3O5.C13H22B2O4.2C11H18B2O4.C3H12N2O6P2.CH5O3P.H4NO3P.H3O4P.H3O3PS/c1-25-9-13-5-16(21)15(4-11-6-19(22)27-17(11)8-24)14(13)3-12-7-20(23)28-18(12)10-26-2;1-16-6-10-8(4-12(14)18-10)3-9-5-13(15)19-11(9)7-17-2;2*12-10-3-6(9(5-14)17-10)1-2-8-7(15)4-11(13)16-8;6-12(7,8)4-2-1-3-5-13(9,10)11;3*1-5(2,3)4;1-4(2,3)5/h11-20,24H,3-10H2,1-2H3;8-13H,3-7H2,1-2H3;2*6-11,14-15H,1-5H2;1-3H2,(H3,4,6,7,8)(H3,5,9,10,11);1H3,(H2,2,3,4);(H4,1,2,3,4);(H3,1,2,3,4);(H3,1,2,3,5)/p-5. The Morgan fingerprint density at radius 3 is 0.895 bits per heavy atom. The summed E-state index contributed by atoms with van der Waals surface area (Å²) in [6.45, 7) is -0.963. The largest absolute Gasteiger partial charge is 0.780 e. The van der Waals surface area contributed by atoms with E-state index in [2.05, 4.69) is 17.3 Å². The molecule has 648 valence electrons. The first-order valence-electron chi connectivity index (χ1n) is 36.6. The van der Waals surface area contributed by atoms with Crippen LogP contribution in [-0.2, 0) is 91.5 Å². The van der Waals surface area contributed by atoms with Crippen LogP contribution in [0.2, 0.25) is 5.82 Å². The Labute approximate surface area is 685 Å². The minimum absolute atomic E-state index is 0.00766. The molecule has 0 amide bonds. The zero-order chi connectivity index (χ0) is 87.5. The van der Waals surface area contributed by atoms with Crippen LogP contribution in [0.25, 0.3) is 0 Å². The fourth-order valence-electron chi connectivity index (χ4n) is 15.1. The smallest absolute Gasteiger partial charge is 0.322 e. The highest BCUT2D eigenvalue weighted by Crippen LogP contribution is 2.52. The molecule has 0 aromatic rings. The summed E-state index contributed by atoms with van der Waals surface area (Å²) in [5.74, 6) is 3.25. The van der Waals surface area contributed by atoms with E-state index in [1.54, 1.807) is 38.6 Å².